The van der Waals surface area contributed by atoms with Crippen LogP contribution in [0.25, 0.3) is 0 Å². The molecular formula is C12H17IOS. The molecule has 0 atom stereocenters. The van der Waals surface area contributed by atoms with E-state index >= 15 is 0 Å². The quantitative estimate of drug-likeness (QED) is 0.447. The minimum absolute atomic E-state index is 0.827. The Balaban J connectivity index is 2.07. The first kappa shape index (κ1) is 13.2. The van der Waals surface area contributed by atoms with Crippen LogP contribution in [0.1, 0.15) is 25.7 Å². The van der Waals surface area contributed by atoms with Crippen LogP contribution in [0.4, 0.5) is 0 Å². The van der Waals surface area contributed by atoms with Crippen LogP contribution in [0, 0.1) is 3.57 Å². The first-order chi connectivity index (χ1) is 7.33. The maximum atomic E-state index is 5.62. The molecule has 0 fully saturated rings. The first-order valence-corrected chi connectivity index (χ1v) is 7.03. The number of rotatable bonds is 7. The van der Waals surface area contributed by atoms with E-state index in [0.717, 1.165) is 24.5 Å². The van der Waals surface area contributed by atoms with E-state index in [4.69, 9.17) is 4.74 Å². The summed E-state index contributed by atoms with van der Waals surface area (Å²) in [6.07, 6.45) is 4.86. The summed E-state index contributed by atoms with van der Waals surface area (Å²) >= 11 is 6.47. The zero-order chi connectivity index (χ0) is 10.9. The van der Waals surface area contributed by atoms with Crippen molar-refractivity contribution in [2.45, 2.75) is 25.7 Å². The van der Waals surface area contributed by atoms with Gasteiger partial charge < -0.3 is 4.74 Å². The van der Waals surface area contributed by atoms with Crippen molar-refractivity contribution in [1.82, 2.24) is 0 Å². The van der Waals surface area contributed by atoms with E-state index in [-0.39, 0.29) is 0 Å². The van der Waals surface area contributed by atoms with E-state index in [1.807, 2.05) is 12.1 Å². The highest BCUT2D eigenvalue weighted by Gasteiger charge is 1.93. The maximum Gasteiger partial charge on any atom is 0.119 e. The van der Waals surface area contributed by atoms with Gasteiger partial charge in [-0.3, -0.25) is 0 Å². The average molecular weight is 336 g/mol. The fourth-order valence-electron chi connectivity index (χ4n) is 1.29. The second-order valence-electron chi connectivity index (χ2n) is 3.44. The highest BCUT2D eigenvalue weighted by Crippen LogP contribution is 2.14. The van der Waals surface area contributed by atoms with Crippen molar-refractivity contribution in [1.29, 1.82) is 0 Å². The van der Waals surface area contributed by atoms with Crippen molar-refractivity contribution < 1.29 is 4.74 Å². The lowest BCUT2D eigenvalue weighted by atomic mass is 10.2. The van der Waals surface area contributed by atoms with E-state index in [2.05, 4.69) is 47.4 Å². The molecule has 84 valence electrons. The van der Waals surface area contributed by atoms with Gasteiger partial charge in [0.25, 0.3) is 0 Å². The number of thiol groups is 1. The van der Waals surface area contributed by atoms with Gasteiger partial charge in [-0.05, 0) is 65.5 Å². The summed E-state index contributed by atoms with van der Waals surface area (Å²) in [7, 11) is 0. The predicted molar refractivity (Wildman–Crippen MR) is 77.0 cm³/mol. The summed E-state index contributed by atoms with van der Waals surface area (Å²) in [4.78, 5) is 0. The average Bonchev–Trinajstić information content (AvgIpc) is 2.26. The van der Waals surface area contributed by atoms with Crippen LogP contribution >= 0.6 is 35.2 Å². The number of hydrogen-bond acceptors (Lipinski definition) is 2. The normalized spacial score (nSPS) is 10.3. The van der Waals surface area contributed by atoms with Gasteiger partial charge in [0.05, 0.1) is 6.61 Å². The molecule has 15 heavy (non-hydrogen) atoms. The zero-order valence-electron chi connectivity index (χ0n) is 8.79. The Morgan fingerprint density at radius 2 is 1.67 bits per heavy atom. The van der Waals surface area contributed by atoms with Crippen LogP contribution in [-0.4, -0.2) is 12.4 Å². The predicted octanol–water partition coefficient (Wildman–Crippen LogP) is 4.16. The molecule has 0 aliphatic heterocycles. The molecule has 3 heteroatoms. The monoisotopic (exact) mass is 336 g/mol. The highest BCUT2D eigenvalue weighted by molar-refractivity contribution is 14.1. The molecule has 0 amide bonds. The largest absolute Gasteiger partial charge is 0.494 e. The summed E-state index contributed by atoms with van der Waals surface area (Å²) in [5, 5.41) is 0. The van der Waals surface area contributed by atoms with Gasteiger partial charge in [-0.2, -0.15) is 12.6 Å². The van der Waals surface area contributed by atoms with Gasteiger partial charge in [0.15, 0.2) is 0 Å². The Morgan fingerprint density at radius 3 is 2.33 bits per heavy atom. The second-order valence-corrected chi connectivity index (χ2v) is 5.13. The summed E-state index contributed by atoms with van der Waals surface area (Å²) < 4.78 is 6.86. The molecule has 0 aromatic heterocycles. The van der Waals surface area contributed by atoms with Crippen molar-refractivity contribution >= 4 is 35.2 Å². The van der Waals surface area contributed by atoms with Crippen LogP contribution < -0.4 is 4.74 Å². The smallest absolute Gasteiger partial charge is 0.119 e. The maximum absolute atomic E-state index is 5.62. The Labute approximate surface area is 111 Å². The molecular weight excluding hydrogens is 319 g/mol. The van der Waals surface area contributed by atoms with Crippen LogP contribution in [0.5, 0.6) is 5.75 Å². The minimum atomic E-state index is 0.827. The Bertz CT molecular complexity index is 261. The van der Waals surface area contributed by atoms with Gasteiger partial charge in [0.1, 0.15) is 5.75 Å². The molecule has 0 radical (unpaired) electrons. The van der Waals surface area contributed by atoms with E-state index in [0.29, 0.717) is 0 Å². The molecule has 1 aromatic rings. The van der Waals surface area contributed by atoms with Crippen molar-refractivity contribution in [3.63, 3.8) is 0 Å². The van der Waals surface area contributed by atoms with Gasteiger partial charge in [-0.15, -0.1) is 0 Å². The van der Waals surface area contributed by atoms with Crippen LogP contribution in [-0.2, 0) is 0 Å². The van der Waals surface area contributed by atoms with Gasteiger partial charge >= 0.3 is 0 Å². The first-order valence-electron chi connectivity index (χ1n) is 5.32. The van der Waals surface area contributed by atoms with Gasteiger partial charge in [0.2, 0.25) is 0 Å². The van der Waals surface area contributed by atoms with Gasteiger partial charge in [0, 0.05) is 3.57 Å². The van der Waals surface area contributed by atoms with E-state index in [9.17, 15) is 0 Å². The summed E-state index contributed by atoms with van der Waals surface area (Å²) in [6.45, 7) is 0.827. The molecule has 1 aromatic carbocycles. The third-order valence-corrected chi connectivity index (χ3v) is 3.17. The fourth-order valence-corrected chi connectivity index (χ4v) is 1.87. The molecule has 0 saturated heterocycles. The molecule has 1 rings (SSSR count). The third-order valence-electron chi connectivity index (χ3n) is 2.13. The molecule has 0 saturated carbocycles. The molecule has 0 N–H and O–H groups in total. The van der Waals surface area contributed by atoms with Crippen molar-refractivity contribution in [2.24, 2.45) is 0 Å². The highest BCUT2D eigenvalue weighted by atomic mass is 127. The summed E-state index contributed by atoms with van der Waals surface area (Å²) in [6, 6.07) is 8.18. The van der Waals surface area contributed by atoms with Crippen molar-refractivity contribution in [3.8, 4) is 5.75 Å². The number of benzene rings is 1. The number of halogens is 1. The number of unbranched alkanes of at least 4 members (excludes halogenated alkanes) is 3. The van der Waals surface area contributed by atoms with Crippen molar-refractivity contribution in [3.05, 3.63) is 27.8 Å². The second kappa shape index (κ2) is 8.28. The van der Waals surface area contributed by atoms with Gasteiger partial charge in [-0.25, -0.2) is 0 Å². The number of ether oxygens (including phenoxy) is 1. The topological polar surface area (TPSA) is 9.23 Å². The van der Waals surface area contributed by atoms with Crippen molar-refractivity contribution in [2.75, 3.05) is 12.4 Å². The molecule has 0 aliphatic carbocycles. The van der Waals surface area contributed by atoms with E-state index in [1.165, 1.54) is 22.8 Å². The lowest BCUT2D eigenvalue weighted by Crippen LogP contribution is -1.97. The van der Waals surface area contributed by atoms with Crippen LogP contribution in [0.3, 0.4) is 0 Å². The molecule has 0 heterocycles. The molecule has 0 aliphatic rings. The Morgan fingerprint density at radius 1 is 1.00 bits per heavy atom. The molecule has 0 spiro atoms. The molecule has 0 bridgehead atoms. The lowest BCUT2D eigenvalue weighted by Gasteiger charge is -2.05. The SMILES string of the molecule is SCCCCCCOc1ccc(I)cc1. The van der Waals surface area contributed by atoms with Crippen LogP contribution in [0.15, 0.2) is 24.3 Å². The third kappa shape index (κ3) is 6.30. The zero-order valence-corrected chi connectivity index (χ0v) is 11.8. The molecule has 0 unspecified atom stereocenters. The molecule has 1 nitrogen and oxygen atoms in total. The standard InChI is InChI=1S/C12H17IOS/c13-11-5-7-12(8-6-11)14-9-3-1-2-4-10-15/h5-8,15H,1-4,9-10H2. The van der Waals surface area contributed by atoms with Crippen LogP contribution in [0.2, 0.25) is 0 Å². The van der Waals surface area contributed by atoms with E-state index in [1.54, 1.807) is 0 Å². The fraction of sp³-hybridized carbons (Fsp3) is 0.500. The van der Waals surface area contributed by atoms with E-state index < -0.39 is 0 Å². The lowest BCUT2D eigenvalue weighted by molar-refractivity contribution is 0.305. The number of hydrogen-bond donors (Lipinski definition) is 1. The Kier molecular flexibility index (Phi) is 7.26. The summed E-state index contributed by atoms with van der Waals surface area (Å²) in [5.41, 5.74) is 0. The van der Waals surface area contributed by atoms with Gasteiger partial charge in [-0.1, -0.05) is 12.8 Å². The minimum Gasteiger partial charge on any atom is -0.494 e. The summed E-state index contributed by atoms with van der Waals surface area (Å²) in [5.74, 6) is 1.97. The Hall–Kier alpha value is 0.1000.